The van der Waals surface area contributed by atoms with Crippen LogP contribution in [-0.4, -0.2) is 65.6 Å². The SMILES string of the molecule is CC(=Nc1ccccc1C(C)C)c1cccc(C(C)=Nc2ccccc2C(C)C)n1.CC(=Nc1ccccc1C)c1cccc(C(C)=Nc2ccccc2C)n1.CC(=Nc1ccccc1C)c1cccc(C(C)=Nc2ccccc2C)n1.CCc1ccccc1N=C(C)c1cccc(C(C)=Nc2ccccc2CC)n1.[Cl][Fe][Cl]. The fourth-order valence-corrected chi connectivity index (χ4v) is 12.0. The van der Waals surface area contributed by atoms with Gasteiger partial charge in [0.25, 0.3) is 0 Å². The first kappa shape index (κ1) is 87.4. The van der Waals surface area contributed by atoms with E-state index in [-0.39, 0.29) is 13.1 Å². The molecule has 0 aliphatic rings. The Morgan fingerprint density at radius 1 is 0.248 bits per heavy atom. The molecule has 15 heteroatoms. The molecule has 578 valence electrons. The van der Waals surface area contributed by atoms with Crippen LogP contribution in [-0.2, 0) is 26.0 Å². The molecule has 4 heterocycles. The normalized spacial score (nSPS) is 12.3. The van der Waals surface area contributed by atoms with Crippen molar-refractivity contribution >= 4 is 111 Å². The van der Waals surface area contributed by atoms with E-state index < -0.39 is 0 Å². The first-order chi connectivity index (χ1) is 54.5. The van der Waals surface area contributed by atoms with Gasteiger partial charge in [-0.1, -0.05) is 211 Å². The van der Waals surface area contributed by atoms with Gasteiger partial charge in [-0.15, -0.1) is 0 Å². The quantitative estimate of drug-likeness (QED) is 0.0551. The Morgan fingerprint density at radius 3 is 0.619 bits per heavy atom. The molecular formula is C98H104Cl2FeN12. The minimum absolute atomic E-state index is 0.194. The molecule has 0 fully saturated rings. The van der Waals surface area contributed by atoms with Gasteiger partial charge in [0.1, 0.15) is 0 Å². The molecule has 12 nitrogen and oxygen atoms in total. The van der Waals surface area contributed by atoms with E-state index in [9.17, 15) is 0 Å². The number of hydrogen-bond acceptors (Lipinski definition) is 12. The molecule has 0 N–H and O–H groups in total. The number of rotatable bonds is 20. The van der Waals surface area contributed by atoms with Crippen LogP contribution in [0.5, 0.6) is 0 Å². The standard InChI is InChI=1S/C27H31N3.C25H27N3.2C23H23N3.2ClH.Fe/c1-18(2)22-12-7-9-14-26(22)28-20(5)24-16-11-17-25(30-24)21(6)29-27-15-10-8-13-23(27)19(3)4;1-5-20-12-7-9-14-24(20)26-18(3)22-16-11-17-23(28-22)19(4)27-25-15-10-8-13-21(25)6-2;2*1-16-10-5-7-12-20(16)24-18(3)22-14-9-15-23(26-22)19(4)25-21-13-8-6-11-17(21)2;;;/h7-19H,1-6H3;7-17H,5-6H2,1-4H3;2*5-15H,1-4H3;2*1H;/q;;;;;;+2/p-2. The van der Waals surface area contributed by atoms with Crippen LogP contribution < -0.4 is 0 Å². The van der Waals surface area contributed by atoms with Gasteiger partial charge in [0, 0.05) is 0 Å². The van der Waals surface area contributed by atoms with Crippen LogP contribution in [0.2, 0.25) is 0 Å². The fraction of sp³-hybridized carbons (Fsp3) is 0.224. The number of nitrogens with zero attached hydrogens (tertiary/aromatic N) is 12. The fourth-order valence-electron chi connectivity index (χ4n) is 12.0. The maximum atomic E-state index is 4.89. The second kappa shape index (κ2) is 44.8. The minimum atomic E-state index is 0.194. The van der Waals surface area contributed by atoms with E-state index in [0.717, 1.165) is 172 Å². The number of hydrogen-bond donors (Lipinski definition) is 0. The van der Waals surface area contributed by atoms with Crippen molar-refractivity contribution in [1.29, 1.82) is 0 Å². The molecule has 0 aliphatic heterocycles. The summed E-state index contributed by atoms with van der Waals surface area (Å²) in [5, 5.41) is 0. The number of para-hydroxylation sites is 8. The summed E-state index contributed by atoms with van der Waals surface area (Å²) in [6.07, 6.45) is 1.92. The molecule has 113 heavy (non-hydrogen) atoms. The second-order valence-corrected chi connectivity index (χ2v) is 29.6. The van der Waals surface area contributed by atoms with Crippen molar-refractivity contribution in [3.63, 3.8) is 0 Å². The van der Waals surface area contributed by atoms with Gasteiger partial charge in [-0.3, -0.25) is 39.9 Å². The van der Waals surface area contributed by atoms with Crippen molar-refractivity contribution in [1.82, 2.24) is 19.9 Å². The molecule has 12 rings (SSSR count). The van der Waals surface area contributed by atoms with Crippen molar-refractivity contribution in [2.75, 3.05) is 0 Å². The molecule has 4 aromatic heterocycles. The predicted molar refractivity (Wildman–Crippen MR) is 481 cm³/mol. The van der Waals surface area contributed by atoms with Crippen LogP contribution in [0.25, 0.3) is 0 Å². The molecule has 0 saturated carbocycles. The van der Waals surface area contributed by atoms with E-state index >= 15 is 0 Å². The van der Waals surface area contributed by atoms with Crippen molar-refractivity contribution in [3.05, 3.63) is 357 Å². The molecule has 8 aromatic carbocycles. The topological polar surface area (TPSA) is 150 Å². The average molecular weight is 1580 g/mol. The Morgan fingerprint density at radius 2 is 0.416 bits per heavy atom. The van der Waals surface area contributed by atoms with Gasteiger partial charge in [-0.05, 0) is 249 Å². The van der Waals surface area contributed by atoms with Gasteiger partial charge in [-0.25, -0.2) is 19.9 Å². The molecule has 0 amide bonds. The summed E-state index contributed by atoms with van der Waals surface area (Å²) >= 11 is 0.194. The number of aliphatic imine (C=N–C) groups is 8. The van der Waals surface area contributed by atoms with E-state index in [1.807, 2.05) is 225 Å². The Kier molecular flexibility index (Phi) is 34.6. The summed E-state index contributed by atoms with van der Waals surface area (Å²) < 4.78 is 0. The molecule has 0 bridgehead atoms. The van der Waals surface area contributed by atoms with Crippen LogP contribution >= 0.6 is 20.2 Å². The third kappa shape index (κ3) is 26.5. The molecule has 0 radical (unpaired) electrons. The molecule has 0 saturated heterocycles. The molecule has 0 aliphatic carbocycles. The number of aromatic nitrogens is 4. The Hall–Kier alpha value is -11.2. The first-order valence-corrected chi connectivity index (χ1v) is 41.3. The van der Waals surface area contributed by atoms with Gasteiger partial charge >= 0.3 is 33.3 Å². The van der Waals surface area contributed by atoms with Crippen LogP contribution in [0.3, 0.4) is 0 Å². The zero-order valence-electron chi connectivity index (χ0n) is 68.4. The van der Waals surface area contributed by atoms with Gasteiger partial charge in [0.05, 0.1) is 137 Å². The average Bonchev–Trinajstić information content (AvgIpc) is 0.836. The third-order valence-corrected chi connectivity index (χ3v) is 18.6. The number of aryl methyl sites for hydroxylation is 6. The number of benzene rings is 8. The summed E-state index contributed by atoms with van der Waals surface area (Å²) in [6.45, 7) is 37.4. The third-order valence-electron chi connectivity index (χ3n) is 18.6. The van der Waals surface area contributed by atoms with Gasteiger partial charge in [0.15, 0.2) is 0 Å². The molecule has 0 unspecified atom stereocenters. The van der Waals surface area contributed by atoms with Crippen molar-refractivity contribution in [2.45, 2.75) is 149 Å². The summed E-state index contributed by atoms with van der Waals surface area (Å²) in [5.41, 5.74) is 31.7. The number of halogens is 2. The molecular weight excluding hydrogens is 1470 g/mol. The molecule has 12 aromatic rings. The van der Waals surface area contributed by atoms with Crippen LogP contribution in [0.15, 0.2) is 307 Å². The zero-order valence-corrected chi connectivity index (χ0v) is 71.1. The van der Waals surface area contributed by atoms with Gasteiger partial charge < -0.3 is 0 Å². The van der Waals surface area contributed by atoms with Crippen LogP contribution in [0, 0.1) is 27.7 Å². The van der Waals surface area contributed by atoms with Crippen molar-refractivity contribution in [2.24, 2.45) is 39.9 Å². The Balaban J connectivity index is 0.000000187. The maximum absolute atomic E-state index is 4.89. The van der Waals surface area contributed by atoms with Crippen LogP contribution in [0.4, 0.5) is 45.5 Å². The summed E-state index contributed by atoms with van der Waals surface area (Å²) in [4.78, 5) is 57.6. The van der Waals surface area contributed by atoms with E-state index in [1.54, 1.807) is 0 Å². The number of pyridine rings is 4. The van der Waals surface area contributed by atoms with E-state index in [1.165, 1.54) is 22.3 Å². The van der Waals surface area contributed by atoms with E-state index in [0.29, 0.717) is 11.8 Å². The second-order valence-electron chi connectivity index (χ2n) is 27.8. The van der Waals surface area contributed by atoms with E-state index in [4.69, 9.17) is 80.1 Å². The van der Waals surface area contributed by atoms with Gasteiger partial charge in [0.2, 0.25) is 0 Å². The summed E-state index contributed by atoms with van der Waals surface area (Å²) in [6, 6.07) is 89.6. The Bertz CT molecular complexity index is 4950. The molecule has 0 spiro atoms. The predicted octanol–water partition coefficient (Wildman–Crippen LogP) is 27.4. The van der Waals surface area contributed by atoms with Crippen molar-refractivity contribution < 1.29 is 13.1 Å². The summed E-state index contributed by atoms with van der Waals surface area (Å²) in [7, 11) is 9.53. The van der Waals surface area contributed by atoms with Crippen molar-refractivity contribution in [3.8, 4) is 0 Å². The first-order valence-electron chi connectivity index (χ1n) is 38.2. The molecule has 0 atom stereocenters. The monoisotopic (exact) mass is 1570 g/mol. The van der Waals surface area contributed by atoms with E-state index in [2.05, 4.69) is 166 Å². The summed E-state index contributed by atoms with van der Waals surface area (Å²) in [5.74, 6) is 0.847. The zero-order chi connectivity index (χ0) is 81.3. The van der Waals surface area contributed by atoms with Gasteiger partial charge in [-0.2, -0.15) is 0 Å². The van der Waals surface area contributed by atoms with Crippen LogP contribution in [0.1, 0.15) is 199 Å². The Labute approximate surface area is 685 Å².